The van der Waals surface area contributed by atoms with E-state index in [-0.39, 0.29) is 24.1 Å². The summed E-state index contributed by atoms with van der Waals surface area (Å²) in [6.07, 6.45) is 1.03. The Hall–Kier alpha value is -1.30. The molecule has 3 unspecified atom stereocenters. The second-order valence-electron chi connectivity index (χ2n) is 5.05. The Labute approximate surface area is 114 Å². The molecule has 0 bridgehead atoms. The fourth-order valence-electron chi connectivity index (χ4n) is 2.37. The molecule has 1 rings (SSSR count). The van der Waals surface area contributed by atoms with E-state index in [0.29, 0.717) is 32.5 Å². The first-order valence-electron chi connectivity index (χ1n) is 6.84. The number of carbonyl (C=O) groups is 2. The summed E-state index contributed by atoms with van der Waals surface area (Å²) in [6.45, 7) is 7.30. The van der Waals surface area contributed by atoms with Crippen molar-refractivity contribution in [3.05, 3.63) is 0 Å². The number of hydrogen-bond acceptors (Lipinski definition) is 3. The lowest BCUT2D eigenvalue weighted by atomic mass is 9.92. The third kappa shape index (κ3) is 4.70. The second-order valence-corrected chi connectivity index (χ2v) is 5.05. The van der Waals surface area contributed by atoms with Gasteiger partial charge in [-0.1, -0.05) is 0 Å². The van der Waals surface area contributed by atoms with Crippen molar-refractivity contribution >= 4 is 12.0 Å². The molecule has 0 aromatic rings. The second kappa shape index (κ2) is 7.33. The summed E-state index contributed by atoms with van der Waals surface area (Å²) in [7, 11) is 0. The van der Waals surface area contributed by atoms with E-state index in [0.717, 1.165) is 0 Å². The first-order chi connectivity index (χ1) is 8.95. The summed E-state index contributed by atoms with van der Waals surface area (Å²) in [6, 6.07) is -0.180. The molecule has 0 aromatic heterocycles. The molecule has 0 spiro atoms. The van der Waals surface area contributed by atoms with E-state index in [1.54, 1.807) is 4.90 Å². The van der Waals surface area contributed by atoms with Crippen LogP contribution in [0.2, 0.25) is 0 Å². The van der Waals surface area contributed by atoms with Crippen molar-refractivity contribution in [3.63, 3.8) is 0 Å². The third-order valence-electron chi connectivity index (χ3n) is 3.48. The molecule has 110 valence electrons. The molecule has 19 heavy (non-hydrogen) atoms. The van der Waals surface area contributed by atoms with Crippen LogP contribution in [0.25, 0.3) is 0 Å². The molecule has 0 radical (unpaired) electrons. The SMILES string of the molecule is CCOC(C)CNC(=O)N1CCC(C(=O)O)CC1C. The largest absolute Gasteiger partial charge is 0.481 e. The molecule has 6 heteroatoms. The van der Waals surface area contributed by atoms with Gasteiger partial charge in [-0.2, -0.15) is 0 Å². The summed E-state index contributed by atoms with van der Waals surface area (Å²) in [4.78, 5) is 24.6. The molecule has 2 N–H and O–H groups in total. The van der Waals surface area contributed by atoms with Crippen LogP contribution in [-0.4, -0.2) is 53.8 Å². The lowest BCUT2D eigenvalue weighted by molar-refractivity contribution is -0.143. The van der Waals surface area contributed by atoms with E-state index in [4.69, 9.17) is 9.84 Å². The molecular weight excluding hydrogens is 248 g/mol. The van der Waals surface area contributed by atoms with Crippen LogP contribution < -0.4 is 5.32 Å². The number of likely N-dealkylation sites (tertiary alicyclic amines) is 1. The standard InChI is InChI=1S/C13H24N2O4/c1-4-19-10(3)8-14-13(18)15-6-5-11(12(16)17)7-9(15)2/h9-11H,4-8H2,1-3H3,(H,14,18)(H,16,17). The Kier molecular flexibility index (Phi) is 6.08. The number of carbonyl (C=O) groups excluding carboxylic acids is 1. The van der Waals surface area contributed by atoms with Crippen LogP contribution in [0.15, 0.2) is 0 Å². The van der Waals surface area contributed by atoms with Crippen molar-refractivity contribution < 1.29 is 19.4 Å². The summed E-state index contributed by atoms with van der Waals surface area (Å²) < 4.78 is 5.34. The van der Waals surface area contributed by atoms with Crippen molar-refractivity contribution in [1.29, 1.82) is 0 Å². The van der Waals surface area contributed by atoms with Crippen molar-refractivity contribution in [2.75, 3.05) is 19.7 Å². The highest BCUT2D eigenvalue weighted by molar-refractivity contribution is 5.75. The fraction of sp³-hybridized carbons (Fsp3) is 0.846. The van der Waals surface area contributed by atoms with Crippen LogP contribution in [0.3, 0.4) is 0 Å². The number of urea groups is 1. The van der Waals surface area contributed by atoms with Gasteiger partial charge in [0.25, 0.3) is 0 Å². The average molecular weight is 272 g/mol. The minimum atomic E-state index is -0.767. The topological polar surface area (TPSA) is 78.9 Å². The molecule has 0 aromatic carbocycles. The molecule has 1 heterocycles. The van der Waals surface area contributed by atoms with Crippen LogP contribution in [0.5, 0.6) is 0 Å². The molecular formula is C13H24N2O4. The predicted molar refractivity (Wildman–Crippen MR) is 71.0 cm³/mol. The minimum absolute atomic E-state index is 0.0131. The summed E-state index contributed by atoms with van der Waals surface area (Å²) in [5.41, 5.74) is 0. The zero-order chi connectivity index (χ0) is 14.4. The van der Waals surface area contributed by atoms with Gasteiger partial charge in [0, 0.05) is 25.7 Å². The zero-order valence-electron chi connectivity index (χ0n) is 11.9. The normalized spacial score (nSPS) is 24.9. The molecule has 6 nitrogen and oxygen atoms in total. The van der Waals surface area contributed by atoms with Gasteiger partial charge in [-0.25, -0.2) is 4.79 Å². The molecule has 1 aliphatic rings. The van der Waals surface area contributed by atoms with Gasteiger partial charge in [-0.05, 0) is 33.6 Å². The smallest absolute Gasteiger partial charge is 0.317 e. The van der Waals surface area contributed by atoms with Gasteiger partial charge < -0.3 is 20.1 Å². The Bertz CT molecular complexity index is 322. The highest BCUT2D eigenvalue weighted by Crippen LogP contribution is 2.22. The number of aliphatic carboxylic acids is 1. The van der Waals surface area contributed by atoms with Crippen LogP contribution in [-0.2, 0) is 9.53 Å². The Morgan fingerprint density at radius 2 is 2.21 bits per heavy atom. The minimum Gasteiger partial charge on any atom is -0.481 e. The molecule has 1 aliphatic heterocycles. The van der Waals surface area contributed by atoms with E-state index < -0.39 is 5.97 Å². The zero-order valence-corrected chi connectivity index (χ0v) is 11.9. The number of hydrogen-bond donors (Lipinski definition) is 2. The maximum Gasteiger partial charge on any atom is 0.317 e. The first kappa shape index (κ1) is 15.8. The van der Waals surface area contributed by atoms with Gasteiger partial charge in [-0.3, -0.25) is 4.79 Å². The molecule has 2 amide bonds. The lowest BCUT2D eigenvalue weighted by Crippen LogP contribution is -2.51. The highest BCUT2D eigenvalue weighted by Gasteiger charge is 2.32. The van der Waals surface area contributed by atoms with Gasteiger partial charge >= 0.3 is 12.0 Å². The quantitative estimate of drug-likeness (QED) is 0.791. The number of amides is 2. The Morgan fingerprint density at radius 3 is 2.74 bits per heavy atom. The average Bonchev–Trinajstić information content (AvgIpc) is 2.36. The number of nitrogens with one attached hydrogen (secondary N) is 1. The maximum absolute atomic E-state index is 12.0. The monoisotopic (exact) mass is 272 g/mol. The maximum atomic E-state index is 12.0. The van der Waals surface area contributed by atoms with Gasteiger partial charge in [0.15, 0.2) is 0 Å². The number of piperidine rings is 1. The van der Waals surface area contributed by atoms with Crippen molar-refractivity contribution in [1.82, 2.24) is 10.2 Å². The van der Waals surface area contributed by atoms with Crippen LogP contribution in [0.4, 0.5) is 4.79 Å². The van der Waals surface area contributed by atoms with Crippen LogP contribution in [0, 0.1) is 5.92 Å². The molecule has 1 fully saturated rings. The first-order valence-corrected chi connectivity index (χ1v) is 6.84. The van der Waals surface area contributed by atoms with Gasteiger partial charge in [0.1, 0.15) is 0 Å². The van der Waals surface area contributed by atoms with Crippen molar-refractivity contribution in [2.24, 2.45) is 5.92 Å². The lowest BCUT2D eigenvalue weighted by Gasteiger charge is -2.36. The van der Waals surface area contributed by atoms with Gasteiger partial charge in [0.2, 0.25) is 0 Å². The fourth-order valence-corrected chi connectivity index (χ4v) is 2.37. The number of rotatable bonds is 5. The van der Waals surface area contributed by atoms with E-state index in [1.165, 1.54) is 0 Å². The number of carboxylic acid groups (broad SMARTS) is 1. The van der Waals surface area contributed by atoms with E-state index >= 15 is 0 Å². The predicted octanol–water partition coefficient (Wildman–Crippen LogP) is 1.31. The molecule has 3 atom stereocenters. The van der Waals surface area contributed by atoms with E-state index in [2.05, 4.69) is 5.32 Å². The third-order valence-corrected chi connectivity index (χ3v) is 3.48. The van der Waals surface area contributed by atoms with Crippen LogP contribution in [0.1, 0.15) is 33.6 Å². The highest BCUT2D eigenvalue weighted by atomic mass is 16.5. The van der Waals surface area contributed by atoms with Gasteiger partial charge in [0.05, 0.1) is 12.0 Å². The molecule has 0 aliphatic carbocycles. The summed E-state index contributed by atoms with van der Waals surface area (Å²) in [5.74, 6) is -1.10. The number of carboxylic acids is 1. The van der Waals surface area contributed by atoms with Gasteiger partial charge in [-0.15, -0.1) is 0 Å². The van der Waals surface area contributed by atoms with Crippen molar-refractivity contribution in [3.8, 4) is 0 Å². The van der Waals surface area contributed by atoms with Crippen LogP contribution >= 0.6 is 0 Å². The molecule has 0 saturated carbocycles. The Balaban J connectivity index is 2.39. The number of ether oxygens (including phenoxy) is 1. The summed E-state index contributed by atoms with van der Waals surface area (Å²) in [5, 5.41) is 11.8. The Morgan fingerprint density at radius 1 is 1.53 bits per heavy atom. The van der Waals surface area contributed by atoms with E-state index in [1.807, 2.05) is 20.8 Å². The summed E-state index contributed by atoms with van der Waals surface area (Å²) >= 11 is 0. The van der Waals surface area contributed by atoms with E-state index in [9.17, 15) is 9.59 Å². The molecule has 1 saturated heterocycles. The van der Waals surface area contributed by atoms with Crippen molar-refractivity contribution in [2.45, 2.75) is 45.8 Å². The number of nitrogens with zero attached hydrogens (tertiary/aromatic N) is 1.